The van der Waals surface area contributed by atoms with E-state index >= 15 is 0 Å². The first-order valence-electron chi connectivity index (χ1n) is 1.66. The van der Waals surface area contributed by atoms with Crippen molar-refractivity contribution in [2.75, 3.05) is 7.05 Å². The van der Waals surface area contributed by atoms with Gasteiger partial charge in [0.05, 0.1) is 0 Å². The van der Waals surface area contributed by atoms with Crippen LogP contribution in [0.1, 0.15) is 6.92 Å². The molecule has 0 heterocycles. The predicted molar refractivity (Wildman–Crippen MR) is 32.3 cm³/mol. The highest BCUT2D eigenvalue weighted by Crippen LogP contribution is 2.11. The number of alkyl halides is 1. The number of halogens is 1. The van der Waals surface area contributed by atoms with E-state index in [2.05, 4.69) is 17.9 Å². The summed E-state index contributed by atoms with van der Waals surface area (Å²) in [6.07, 6.45) is 0. The maximum absolute atomic E-state index is 5.47. The SMILES string of the molecule is CNC(C)(S)Cl. The fourth-order valence-electron chi connectivity index (χ4n) is 0. The molecule has 0 spiro atoms. The van der Waals surface area contributed by atoms with Crippen LogP contribution in [-0.4, -0.2) is 11.4 Å². The fraction of sp³-hybridized carbons (Fsp3) is 1.00. The highest BCUT2D eigenvalue weighted by Gasteiger charge is 2.07. The van der Waals surface area contributed by atoms with Gasteiger partial charge in [0.1, 0.15) is 4.33 Å². The largest absolute Gasteiger partial charge is 0.294 e. The van der Waals surface area contributed by atoms with Gasteiger partial charge in [-0.3, -0.25) is 5.32 Å². The maximum Gasteiger partial charge on any atom is 0.134 e. The number of thiol groups is 1. The summed E-state index contributed by atoms with van der Waals surface area (Å²) < 4.78 is -0.542. The molecule has 0 aromatic carbocycles. The summed E-state index contributed by atoms with van der Waals surface area (Å²) in [7, 11) is 1.75. The van der Waals surface area contributed by atoms with Gasteiger partial charge < -0.3 is 0 Å². The molecule has 1 nitrogen and oxygen atoms in total. The number of nitrogens with one attached hydrogen (secondary N) is 1. The van der Waals surface area contributed by atoms with Gasteiger partial charge in [-0.2, -0.15) is 0 Å². The van der Waals surface area contributed by atoms with Crippen LogP contribution in [0, 0.1) is 0 Å². The van der Waals surface area contributed by atoms with E-state index in [-0.39, 0.29) is 0 Å². The van der Waals surface area contributed by atoms with Crippen LogP contribution in [-0.2, 0) is 0 Å². The van der Waals surface area contributed by atoms with E-state index in [9.17, 15) is 0 Å². The minimum Gasteiger partial charge on any atom is -0.294 e. The number of hydrogen-bond donors (Lipinski definition) is 2. The molecule has 0 saturated heterocycles. The lowest BCUT2D eigenvalue weighted by Crippen LogP contribution is -2.25. The Labute approximate surface area is 48.5 Å². The normalized spacial score (nSPS) is 20.0. The maximum atomic E-state index is 5.47. The van der Waals surface area contributed by atoms with Gasteiger partial charge in [-0.1, -0.05) is 11.6 Å². The van der Waals surface area contributed by atoms with E-state index in [1.54, 1.807) is 14.0 Å². The third-order valence-corrected chi connectivity index (χ3v) is 0.869. The Bertz CT molecular complexity index is 40.5. The second kappa shape index (κ2) is 2.05. The second-order valence-corrected chi connectivity index (χ2v) is 3.12. The molecule has 6 heavy (non-hydrogen) atoms. The highest BCUT2D eigenvalue weighted by atomic mass is 35.5. The molecule has 1 N–H and O–H groups in total. The Kier molecular flexibility index (Phi) is 2.26. The Balaban J connectivity index is 3.17. The van der Waals surface area contributed by atoms with Crippen LogP contribution in [0.15, 0.2) is 0 Å². The molecule has 0 saturated carbocycles. The van der Waals surface area contributed by atoms with Gasteiger partial charge in [-0.15, -0.1) is 12.6 Å². The quantitative estimate of drug-likeness (QED) is 0.231. The van der Waals surface area contributed by atoms with Crippen molar-refractivity contribution in [2.24, 2.45) is 0 Å². The Hall–Kier alpha value is 0.600. The molecule has 0 amide bonds. The van der Waals surface area contributed by atoms with Crippen molar-refractivity contribution >= 4 is 24.2 Å². The molecule has 1 unspecified atom stereocenters. The molecule has 0 fully saturated rings. The molecular formula is C3H8ClNS. The smallest absolute Gasteiger partial charge is 0.134 e. The molecule has 0 bridgehead atoms. The van der Waals surface area contributed by atoms with Crippen molar-refractivity contribution in [1.29, 1.82) is 0 Å². The molecule has 1 atom stereocenters. The van der Waals surface area contributed by atoms with E-state index < -0.39 is 4.33 Å². The average molecular weight is 126 g/mol. The summed E-state index contributed by atoms with van der Waals surface area (Å²) >= 11 is 9.38. The lowest BCUT2D eigenvalue weighted by atomic mass is 10.7. The topological polar surface area (TPSA) is 12.0 Å². The minimum absolute atomic E-state index is 0.542. The number of hydrogen-bond acceptors (Lipinski definition) is 2. The molecule has 0 aliphatic heterocycles. The summed E-state index contributed by atoms with van der Waals surface area (Å²) in [6, 6.07) is 0. The zero-order valence-electron chi connectivity index (χ0n) is 3.83. The minimum atomic E-state index is -0.542. The standard InChI is InChI=1S/C3H8ClNS/c1-3(4,6)5-2/h5-6H,1-2H3. The van der Waals surface area contributed by atoms with Crippen LogP contribution in [0.4, 0.5) is 0 Å². The van der Waals surface area contributed by atoms with Crippen LogP contribution in [0.3, 0.4) is 0 Å². The molecule has 38 valence electrons. The third kappa shape index (κ3) is 4.60. The van der Waals surface area contributed by atoms with Crippen LogP contribution in [0.25, 0.3) is 0 Å². The molecular weight excluding hydrogens is 118 g/mol. The molecule has 0 aromatic heterocycles. The first-order chi connectivity index (χ1) is 2.56. The molecule has 3 heteroatoms. The Morgan fingerprint density at radius 2 is 2.00 bits per heavy atom. The van der Waals surface area contributed by atoms with E-state index in [0.29, 0.717) is 0 Å². The summed E-state index contributed by atoms with van der Waals surface area (Å²) in [6.45, 7) is 1.76. The molecule has 0 aliphatic rings. The van der Waals surface area contributed by atoms with Gasteiger partial charge in [0.15, 0.2) is 0 Å². The zero-order valence-corrected chi connectivity index (χ0v) is 5.48. The van der Waals surface area contributed by atoms with Crippen molar-refractivity contribution in [3.63, 3.8) is 0 Å². The lowest BCUT2D eigenvalue weighted by molar-refractivity contribution is 0.746. The zero-order chi connectivity index (χ0) is 5.21. The first-order valence-corrected chi connectivity index (χ1v) is 2.49. The summed E-state index contributed by atoms with van der Waals surface area (Å²) in [5.41, 5.74) is 0. The second-order valence-electron chi connectivity index (χ2n) is 1.20. The van der Waals surface area contributed by atoms with Gasteiger partial charge in [0.25, 0.3) is 0 Å². The van der Waals surface area contributed by atoms with E-state index in [4.69, 9.17) is 11.6 Å². The number of rotatable bonds is 1. The van der Waals surface area contributed by atoms with Crippen LogP contribution in [0.2, 0.25) is 0 Å². The summed E-state index contributed by atoms with van der Waals surface area (Å²) in [5.74, 6) is 0. The van der Waals surface area contributed by atoms with Gasteiger partial charge in [-0.25, -0.2) is 0 Å². The Morgan fingerprint density at radius 1 is 1.83 bits per heavy atom. The van der Waals surface area contributed by atoms with Crippen molar-refractivity contribution < 1.29 is 0 Å². The van der Waals surface area contributed by atoms with Crippen LogP contribution >= 0.6 is 24.2 Å². The van der Waals surface area contributed by atoms with E-state index in [1.807, 2.05) is 0 Å². The van der Waals surface area contributed by atoms with Crippen LogP contribution in [0.5, 0.6) is 0 Å². The predicted octanol–water partition coefficient (Wildman–Crippen LogP) is 1.05. The first kappa shape index (κ1) is 6.60. The summed E-state index contributed by atoms with van der Waals surface area (Å²) in [5, 5.41) is 2.73. The van der Waals surface area contributed by atoms with E-state index in [0.717, 1.165) is 0 Å². The lowest BCUT2D eigenvalue weighted by Gasteiger charge is -2.10. The molecule has 0 aliphatic carbocycles. The van der Waals surface area contributed by atoms with Crippen molar-refractivity contribution in [2.45, 2.75) is 11.3 Å². The molecule has 0 rings (SSSR count). The van der Waals surface area contributed by atoms with Crippen molar-refractivity contribution in [1.82, 2.24) is 5.32 Å². The van der Waals surface area contributed by atoms with Gasteiger partial charge >= 0.3 is 0 Å². The molecule has 0 radical (unpaired) electrons. The van der Waals surface area contributed by atoms with Crippen molar-refractivity contribution in [3.8, 4) is 0 Å². The monoisotopic (exact) mass is 125 g/mol. The van der Waals surface area contributed by atoms with Crippen molar-refractivity contribution in [3.05, 3.63) is 0 Å². The highest BCUT2D eigenvalue weighted by molar-refractivity contribution is 7.83. The Morgan fingerprint density at radius 3 is 2.00 bits per heavy atom. The van der Waals surface area contributed by atoms with Crippen LogP contribution < -0.4 is 5.32 Å². The third-order valence-electron chi connectivity index (χ3n) is 0.456. The van der Waals surface area contributed by atoms with Gasteiger partial charge in [0.2, 0.25) is 0 Å². The molecule has 0 aromatic rings. The van der Waals surface area contributed by atoms with Gasteiger partial charge in [0, 0.05) is 0 Å². The fourth-order valence-corrected chi connectivity index (χ4v) is 0. The van der Waals surface area contributed by atoms with Gasteiger partial charge in [-0.05, 0) is 14.0 Å². The summed E-state index contributed by atoms with van der Waals surface area (Å²) in [4.78, 5) is 0. The average Bonchev–Trinajstić information content (AvgIpc) is 1.35. The van der Waals surface area contributed by atoms with E-state index in [1.165, 1.54) is 0 Å².